The van der Waals surface area contributed by atoms with E-state index in [2.05, 4.69) is 13.8 Å². The third-order valence-electron chi connectivity index (χ3n) is 2.76. The van der Waals surface area contributed by atoms with Crippen LogP contribution in [0, 0.1) is 6.92 Å². The second kappa shape index (κ2) is 11.7. The van der Waals surface area contributed by atoms with E-state index in [9.17, 15) is 4.79 Å². The number of Topliss-reactive ketones (excluding diaryl/α,β-unsaturated/α-hetero) is 1. The molecular formula is C14H27O. The Morgan fingerprint density at radius 3 is 2.00 bits per heavy atom. The second-order valence-corrected chi connectivity index (χ2v) is 4.37. The van der Waals surface area contributed by atoms with Gasteiger partial charge in [0.2, 0.25) is 0 Å². The van der Waals surface area contributed by atoms with Crippen LogP contribution < -0.4 is 0 Å². The zero-order valence-electron chi connectivity index (χ0n) is 10.4. The Bertz CT molecular complexity index is 140. The maximum absolute atomic E-state index is 11.3. The molecule has 0 aliphatic carbocycles. The summed E-state index contributed by atoms with van der Waals surface area (Å²) < 4.78 is 0. The number of unbranched alkanes of at least 4 members (excludes halogenated alkanes) is 7. The number of carbonyl (C=O) groups excluding carboxylic acids is 1. The van der Waals surface area contributed by atoms with Crippen molar-refractivity contribution in [1.29, 1.82) is 0 Å². The zero-order valence-corrected chi connectivity index (χ0v) is 10.4. The Morgan fingerprint density at radius 2 is 1.40 bits per heavy atom. The Morgan fingerprint density at radius 1 is 0.867 bits per heavy atom. The zero-order chi connectivity index (χ0) is 11.4. The molecule has 0 amide bonds. The predicted molar refractivity (Wildman–Crippen MR) is 66.8 cm³/mol. The molecule has 0 aliphatic heterocycles. The van der Waals surface area contributed by atoms with Crippen LogP contribution >= 0.6 is 0 Å². The quantitative estimate of drug-likeness (QED) is 0.453. The highest BCUT2D eigenvalue weighted by atomic mass is 16.1. The molecule has 15 heavy (non-hydrogen) atoms. The van der Waals surface area contributed by atoms with Crippen LogP contribution in [0.2, 0.25) is 0 Å². The Hall–Kier alpha value is -0.330. The molecule has 0 aromatic rings. The third kappa shape index (κ3) is 11.6. The molecule has 0 bridgehead atoms. The van der Waals surface area contributed by atoms with Crippen LogP contribution in [0.4, 0.5) is 0 Å². The smallest absolute Gasteiger partial charge is 0.132 e. The van der Waals surface area contributed by atoms with Gasteiger partial charge >= 0.3 is 0 Å². The molecule has 0 heterocycles. The molecule has 0 aromatic carbocycles. The molecule has 1 radical (unpaired) electrons. The fraction of sp³-hybridized carbons (Fsp3) is 0.857. The van der Waals surface area contributed by atoms with Gasteiger partial charge in [-0.05, 0) is 12.8 Å². The fourth-order valence-electron chi connectivity index (χ4n) is 1.70. The lowest BCUT2D eigenvalue weighted by atomic mass is 10.0. The lowest BCUT2D eigenvalue weighted by Gasteiger charge is -2.01. The van der Waals surface area contributed by atoms with Crippen molar-refractivity contribution in [2.45, 2.75) is 77.6 Å². The van der Waals surface area contributed by atoms with Gasteiger partial charge < -0.3 is 0 Å². The van der Waals surface area contributed by atoms with Gasteiger partial charge in [0.25, 0.3) is 0 Å². The summed E-state index contributed by atoms with van der Waals surface area (Å²) in [5.74, 6) is 0.467. The molecule has 0 aromatic heterocycles. The average Bonchev–Trinajstić information content (AvgIpc) is 2.25. The number of hydrogen-bond acceptors (Lipinski definition) is 1. The summed E-state index contributed by atoms with van der Waals surface area (Å²) in [6.45, 7) is 5.96. The van der Waals surface area contributed by atoms with Crippen molar-refractivity contribution in [2.75, 3.05) is 0 Å². The summed E-state index contributed by atoms with van der Waals surface area (Å²) in [4.78, 5) is 11.3. The van der Waals surface area contributed by atoms with Gasteiger partial charge in [-0.15, -0.1) is 0 Å². The highest BCUT2D eigenvalue weighted by Crippen LogP contribution is 2.09. The third-order valence-corrected chi connectivity index (χ3v) is 2.76. The first-order valence-electron chi connectivity index (χ1n) is 6.62. The van der Waals surface area contributed by atoms with Gasteiger partial charge in [-0.3, -0.25) is 4.79 Å². The summed E-state index contributed by atoms with van der Waals surface area (Å²) in [5, 5.41) is 0. The van der Waals surface area contributed by atoms with E-state index in [0.29, 0.717) is 5.78 Å². The Labute approximate surface area is 95.6 Å². The first kappa shape index (κ1) is 14.7. The molecule has 0 rings (SSSR count). The van der Waals surface area contributed by atoms with Crippen molar-refractivity contribution < 1.29 is 4.79 Å². The largest absolute Gasteiger partial charge is 0.300 e. The van der Waals surface area contributed by atoms with Crippen LogP contribution in [-0.4, -0.2) is 5.78 Å². The van der Waals surface area contributed by atoms with Crippen LogP contribution in [0.15, 0.2) is 0 Å². The summed E-state index contributed by atoms with van der Waals surface area (Å²) in [6.07, 6.45) is 12.4. The first-order chi connectivity index (χ1) is 7.31. The SMILES string of the molecule is [CH2]CCCCCCCCC(=O)CCCC. The number of rotatable bonds is 11. The van der Waals surface area contributed by atoms with Gasteiger partial charge in [-0.2, -0.15) is 0 Å². The average molecular weight is 211 g/mol. The number of carbonyl (C=O) groups is 1. The van der Waals surface area contributed by atoms with Gasteiger partial charge in [0.05, 0.1) is 0 Å². The first-order valence-corrected chi connectivity index (χ1v) is 6.62. The molecule has 0 fully saturated rings. The van der Waals surface area contributed by atoms with Crippen molar-refractivity contribution in [1.82, 2.24) is 0 Å². The van der Waals surface area contributed by atoms with Gasteiger partial charge in [0.15, 0.2) is 0 Å². The summed E-state index contributed by atoms with van der Waals surface area (Å²) in [6, 6.07) is 0. The van der Waals surface area contributed by atoms with Crippen LogP contribution in [0.1, 0.15) is 77.6 Å². The van der Waals surface area contributed by atoms with Gasteiger partial charge in [0, 0.05) is 12.8 Å². The van der Waals surface area contributed by atoms with E-state index in [1.807, 2.05) is 0 Å². The minimum absolute atomic E-state index is 0.467. The van der Waals surface area contributed by atoms with Crippen LogP contribution in [0.25, 0.3) is 0 Å². The summed E-state index contributed by atoms with van der Waals surface area (Å²) in [7, 11) is 0. The minimum atomic E-state index is 0.467. The van der Waals surface area contributed by atoms with E-state index in [0.717, 1.165) is 38.5 Å². The lowest BCUT2D eigenvalue weighted by molar-refractivity contribution is -0.119. The molecule has 0 N–H and O–H groups in total. The molecule has 89 valence electrons. The van der Waals surface area contributed by atoms with Crippen molar-refractivity contribution in [3.05, 3.63) is 6.92 Å². The van der Waals surface area contributed by atoms with E-state index in [-0.39, 0.29) is 0 Å². The fourth-order valence-corrected chi connectivity index (χ4v) is 1.70. The molecule has 0 spiro atoms. The Kier molecular flexibility index (Phi) is 11.5. The highest BCUT2D eigenvalue weighted by Gasteiger charge is 2.00. The highest BCUT2D eigenvalue weighted by molar-refractivity contribution is 5.78. The van der Waals surface area contributed by atoms with Gasteiger partial charge in [-0.25, -0.2) is 0 Å². The van der Waals surface area contributed by atoms with Crippen LogP contribution in [-0.2, 0) is 4.79 Å². The maximum Gasteiger partial charge on any atom is 0.132 e. The molecule has 0 atom stereocenters. The minimum Gasteiger partial charge on any atom is -0.300 e. The molecule has 0 unspecified atom stereocenters. The molecular weight excluding hydrogens is 184 g/mol. The number of ketones is 1. The second-order valence-electron chi connectivity index (χ2n) is 4.37. The van der Waals surface area contributed by atoms with E-state index in [1.54, 1.807) is 0 Å². The lowest BCUT2D eigenvalue weighted by Crippen LogP contribution is -1.96. The monoisotopic (exact) mass is 211 g/mol. The standard InChI is InChI=1S/C14H27O/c1-3-5-7-8-9-10-11-13-14(15)12-6-4-2/h1,3-13H2,2H3. The maximum atomic E-state index is 11.3. The van der Waals surface area contributed by atoms with Gasteiger partial charge in [0.1, 0.15) is 5.78 Å². The summed E-state index contributed by atoms with van der Waals surface area (Å²) >= 11 is 0. The molecule has 1 heteroatoms. The molecule has 0 aliphatic rings. The van der Waals surface area contributed by atoms with Crippen molar-refractivity contribution in [3.8, 4) is 0 Å². The predicted octanol–water partition coefficient (Wildman–Crippen LogP) is 4.70. The van der Waals surface area contributed by atoms with Crippen molar-refractivity contribution in [3.63, 3.8) is 0 Å². The Balaban J connectivity index is 3.06. The summed E-state index contributed by atoms with van der Waals surface area (Å²) in [5.41, 5.74) is 0. The van der Waals surface area contributed by atoms with E-state index in [4.69, 9.17) is 0 Å². The van der Waals surface area contributed by atoms with Crippen molar-refractivity contribution in [2.24, 2.45) is 0 Å². The molecule has 1 nitrogen and oxygen atoms in total. The van der Waals surface area contributed by atoms with Crippen molar-refractivity contribution >= 4 is 5.78 Å². The molecule has 0 saturated carbocycles. The normalized spacial score (nSPS) is 10.5. The van der Waals surface area contributed by atoms with Crippen LogP contribution in [0.5, 0.6) is 0 Å². The number of hydrogen-bond donors (Lipinski definition) is 0. The van der Waals surface area contributed by atoms with Crippen LogP contribution in [0.3, 0.4) is 0 Å². The van der Waals surface area contributed by atoms with E-state index >= 15 is 0 Å². The topological polar surface area (TPSA) is 17.1 Å². The van der Waals surface area contributed by atoms with E-state index < -0.39 is 0 Å². The van der Waals surface area contributed by atoms with Gasteiger partial charge in [-0.1, -0.05) is 58.8 Å². The van der Waals surface area contributed by atoms with E-state index in [1.165, 1.54) is 32.1 Å². The molecule has 0 saturated heterocycles.